The van der Waals surface area contributed by atoms with Crippen molar-refractivity contribution >= 4 is 5.78 Å². The number of aliphatic hydroxyl groups is 2. The van der Waals surface area contributed by atoms with Gasteiger partial charge in [0.05, 0.1) is 35.1 Å². The van der Waals surface area contributed by atoms with Gasteiger partial charge < -0.3 is 29.2 Å². The Morgan fingerprint density at radius 2 is 1.75 bits per heavy atom. The van der Waals surface area contributed by atoms with Crippen molar-refractivity contribution in [2.24, 2.45) is 28.6 Å². The van der Waals surface area contributed by atoms with Crippen molar-refractivity contribution in [1.82, 2.24) is 0 Å². The third-order valence-corrected chi connectivity index (χ3v) is 12.6. The number of rotatable bonds is 5. The summed E-state index contributed by atoms with van der Waals surface area (Å²) >= 11 is 0. The Bertz CT molecular complexity index is 1080. The van der Waals surface area contributed by atoms with Gasteiger partial charge >= 0.3 is 0 Å². The highest BCUT2D eigenvalue weighted by molar-refractivity contribution is 5.95. The predicted molar refractivity (Wildman–Crippen MR) is 150 cm³/mol. The molecule has 4 aliphatic carbocycles. The molecule has 2 unspecified atom stereocenters. The molecule has 7 nitrogen and oxygen atoms in total. The molecule has 2 aliphatic heterocycles. The van der Waals surface area contributed by atoms with E-state index >= 15 is 0 Å². The summed E-state index contributed by atoms with van der Waals surface area (Å²) in [7, 11) is 0. The van der Waals surface area contributed by atoms with Crippen molar-refractivity contribution in [2.75, 3.05) is 0 Å². The minimum Gasteiger partial charge on any atom is -0.390 e. The highest BCUT2D eigenvalue weighted by atomic mass is 16.8. The molecule has 226 valence electrons. The predicted octanol–water partition coefficient (Wildman–Crippen LogP) is 5.45. The highest BCUT2D eigenvalue weighted by Crippen LogP contribution is 2.70. The first-order valence-corrected chi connectivity index (χ1v) is 15.9. The second-order valence-corrected chi connectivity index (χ2v) is 15.6. The fourth-order valence-corrected chi connectivity index (χ4v) is 10.3. The summed E-state index contributed by atoms with van der Waals surface area (Å²) in [6.45, 7) is 16.4. The van der Waals surface area contributed by atoms with Gasteiger partial charge in [-0.05, 0) is 121 Å². The molecule has 2 heterocycles. The summed E-state index contributed by atoms with van der Waals surface area (Å²) in [6, 6.07) is 0. The summed E-state index contributed by atoms with van der Waals surface area (Å²) in [5, 5.41) is 23.3. The van der Waals surface area contributed by atoms with Crippen molar-refractivity contribution in [3.8, 4) is 0 Å². The minimum atomic E-state index is -1.07. The van der Waals surface area contributed by atoms with E-state index in [2.05, 4.69) is 27.7 Å². The monoisotopic (exact) mass is 560 g/mol. The average molecular weight is 561 g/mol. The zero-order chi connectivity index (χ0) is 29.1. The van der Waals surface area contributed by atoms with Gasteiger partial charge in [-0.1, -0.05) is 20.8 Å². The quantitative estimate of drug-likeness (QED) is 0.462. The summed E-state index contributed by atoms with van der Waals surface area (Å²) in [5.74, 6) is -0.455. The molecule has 0 bridgehead atoms. The van der Waals surface area contributed by atoms with Gasteiger partial charge in [0.25, 0.3) is 0 Å². The molecule has 2 saturated heterocycles. The number of hydrogen-bond donors (Lipinski definition) is 2. The van der Waals surface area contributed by atoms with Crippen LogP contribution in [0.3, 0.4) is 0 Å². The average Bonchev–Trinajstić information content (AvgIpc) is 3.44. The van der Waals surface area contributed by atoms with Gasteiger partial charge in [0.1, 0.15) is 0 Å². The third-order valence-electron chi connectivity index (χ3n) is 12.6. The van der Waals surface area contributed by atoms with Crippen LogP contribution in [0.15, 0.2) is 11.6 Å². The van der Waals surface area contributed by atoms with Crippen LogP contribution in [-0.4, -0.2) is 63.2 Å². The molecule has 12 atom stereocenters. The molecule has 6 aliphatic rings. The Kier molecular flexibility index (Phi) is 6.65. The number of ether oxygens (including phenoxy) is 4. The van der Waals surface area contributed by atoms with E-state index in [9.17, 15) is 15.0 Å². The van der Waals surface area contributed by atoms with Crippen LogP contribution < -0.4 is 0 Å². The smallest absolute Gasteiger partial charge is 0.166 e. The molecule has 2 N–H and O–H groups in total. The fraction of sp³-hybridized carbons (Fsp3) is 0.909. The van der Waals surface area contributed by atoms with E-state index in [1.807, 2.05) is 33.8 Å². The van der Waals surface area contributed by atoms with Crippen LogP contribution in [0.4, 0.5) is 0 Å². The molecule has 0 spiro atoms. The van der Waals surface area contributed by atoms with Gasteiger partial charge in [0, 0.05) is 11.3 Å². The summed E-state index contributed by atoms with van der Waals surface area (Å²) < 4.78 is 25.7. The zero-order valence-corrected chi connectivity index (χ0v) is 25.9. The first-order chi connectivity index (χ1) is 18.5. The maximum Gasteiger partial charge on any atom is 0.166 e. The lowest BCUT2D eigenvalue weighted by atomic mass is 9.45. The first kappa shape index (κ1) is 29.3. The van der Waals surface area contributed by atoms with Crippen LogP contribution in [0.5, 0.6) is 0 Å². The van der Waals surface area contributed by atoms with E-state index in [-0.39, 0.29) is 53.6 Å². The molecule has 7 heteroatoms. The van der Waals surface area contributed by atoms with E-state index in [0.717, 1.165) is 37.7 Å². The Labute approximate surface area is 240 Å². The first-order valence-electron chi connectivity index (χ1n) is 15.9. The van der Waals surface area contributed by atoms with E-state index in [1.165, 1.54) is 0 Å². The highest BCUT2D eigenvalue weighted by Gasteiger charge is 2.71. The van der Waals surface area contributed by atoms with Crippen molar-refractivity contribution in [3.63, 3.8) is 0 Å². The van der Waals surface area contributed by atoms with Crippen molar-refractivity contribution in [2.45, 2.75) is 160 Å². The number of carbonyl (C=O) groups excluding carboxylic acids is 1. The molecule has 0 aromatic carbocycles. The zero-order valence-electron chi connectivity index (χ0n) is 25.9. The Morgan fingerprint density at radius 3 is 2.42 bits per heavy atom. The van der Waals surface area contributed by atoms with Crippen LogP contribution >= 0.6 is 0 Å². The second kappa shape index (κ2) is 9.09. The van der Waals surface area contributed by atoms with Crippen molar-refractivity contribution in [3.05, 3.63) is 11.6 Å². The van der Waals surface area contributed by atoms with Gasteiger partial charge in [-0.3, -0.25) is 4.79 Å². The van der Waals surface area contributed by atoms with Crippen LogP contribution in [0.2, 0.25) is 0 Å². The topological polar surface area (TPSA) is 94.5 Å². The summed E-state index contributed by atoms with van der Waals surface area (Å²) in [5.41, 5.74) is -2.24. The minimum absolute atomic E-state index is 0.00823. The van der Waals surface area contributed by atoms with Gasteiger partial charge in [-0.25, -0.2) is 0 Å². The Hall–Kier alpha value is -0.830. The number of carbonyl (C=O) groups is 1. The molecule has 5 fully saturated rings. The lowest BCUT2D eigenvalue weighted by molar-refractivity contribution is -0.200. The lowest BCUT2D eigenvalue weighted by Gasteiger charge is -2.60. The maximum atomic E-state index is 13.8. The number of hydrogen-bond acceptors (Lipinski definition) is 7. The summed E-state index contributed by atoms with van der Waals surface area (Å²) in [6.07, 6.45) is 8.15. The maximum absolute atomic E-state index is 13.8. The van der Waals surface area contributed by atoms with Gasteiger partial charge in [-0.2, -0.15) is 0 Å². The number of allylic oxidation sites excluding steroid dienone is 1. The van der Waals surface area contributed by atoms with Gasteiger partial charge in [-0.15, -0.1) is 0 Å². The lowest BCUT2D eigenvalue weighted by Crippen LogP contribution is -2.62. The normalized spacial score (nSPS) is 54.0. The van der Waals surface area contributed by atoms with E-state index in [0.29, 0.717) is 25.7 Å². The Balaban J connectivity index is 1.34. The molecule has 0 amide bonds. The molecule has 6 rings (SSSR count). The van der Waals surface area contributed by atoms with Gasteiger partial charge in [0.2, 0.25) is 0 Å². The SMILES string of the molecule is CCC1(C)O[C@H](CCC(C)(C)O)[C@@](C)([C@H]2CC[C@@]3(O)C4=CC(=O)[C@@H]5C[C@H]6OC(C)O[C@H]6C[C@]5(C)[C@H]4CC[C@]23C)O1. The van der Waals surface area contributed by atoms with Crippen LogP contribution in [0, 0.1) is 28.6 Å². The second-order valence-electron chi connectivity index (χ2n) is 15.6. The van der Waals surface area contributed by atoms with Crippen LogP contribution in [-0.2, 0) is 23.7 Å². The molecular weight excluding hydrogens is 508 g/mol. The molecule has 0 radical (unpaired) electrons. The Morgan fingerprint density at radius 1 is 1.05 bits per heavy atom. The molecule has 0 aromatic heterocycles. The summed E-state index contributed by atoms with van der Waals surface area (Å²) in [4.78, 5) is 13.8. The molecule has 40 heavy (non-hydrogen) atoms. The van der Waals surface area contributed by atoms with E-state index < -0.39 is 28.0 Å². The standard InChI is InChI=1S/C33H52O7/c1-9-31(7)39-27(12-13-28(3,4)35)32(8,40-31)26-11-15-33(36)21-16-23(34)22-17-24-25(38-19(2)37-24)18-29(22,5)20(21)10-14-30(26,33)6/h16,19-20,22,24-27,35-36H,9-15,17-18H2,1-8H3/t19?,20-,22-,24+,25-,26-,27+,29+,30+,31?,32+,33+/m0/s1. The largest absolute Gasteiger partial charge is 0.390 e. The third kappa shape index (κ3) is 4.08. The van der Waals surface area contributed by atoms with Crippen molar-refractivity contribution < 1.29 is 34.0 Å². The van der Waals surface area contributed by atoms with E-state index in [1.54, 1.807) is 0 Å². The fourth-order valence-electron chi connectivity index (χ4n) is 10.3. The molecule has 0 aromatic rings. The molecular formula is C33H52O7. The van der Waals surface area contributed by atoms with Crippen LogP contribution in [0.25, 0.3) is 0 Å². The van der Waals surface area contributed by atoms with Crippen molar-refractivity contribution in [1.29, 1.82) is 0 Å². The van der Waals surface area contributed by atoms with Crippen LogP contribution in [0.1, 0.15) is 113 Å². The van der Waals surface area contributed by atoms with E-state index in [4.69, 9.17) is 18.9 Å². The number of ketones is 1. The number of fused-ring (bicyclic) bond motifs is 6. The molecule has 3 saturated carbocycles. The van der Waals surface area contributed by atoms with Gasteiger partial charge in [0.15, 0.2) is 17.9 Å².